The van der Waals surface area contributed by atoms with E-state index < -0.39 is 65.6 Å². The molecule has 0 radical (unpaired) electrons. The third-order valence-corrected chi connectivity index (χ3v) is 4.46. The summed E-state index contributed by atoms with van der Waals surface area (Å²) in [6.45, 7) is 0. The van der Waals surface area contributed by atoms with Crippen LogP contribution >= 0.6 is 0 Å². The van der Waals surface area contributed by atoms with Crippen molar-refractivity contribution in [1.82, 2.24) is 59.8 Å². The summed E-state index contributed by atoms with van der Waals surface area (Å²) in [5.41, 5.74) is 4.44. The minimum Gasteiger partial charge on any atom is -0.351 e. The normalized spacial score (nSPS) is 10.2. The number of aromatic amines is 6. The number of hydrogen-bond acceptors (Lipinski definition) is 38. The SMILES string of the molecule is C(=N\N=C\c1c[nH]cn1)/c1c[nH]cn1.C(=N\N=C\c1c[nH]cn1)/c1c[nH]cn1.C(=N\N=C\c1c[nH]cn1)/c1c[nH]cn1.C[N+](=O)[O-].C[N+](=O)[O-].C[N+](=O)[O-].C[N+](=O)[O-].C[N+](=O)[O-].[Fe+2].[Fe+2].[O-][Cl+3]([O-])([O-])[O-].[O-][Cl+3]([O-])([O-])[O-].[O-][Cl+3]([O-])([O-])[O-].[O-][Cl+3]([O-])([O-])[O-]. The van der Waals surface area contributed by atoms with Gasteiger partial charge in [-0.3, -0.25) is 50.6 Å². The second-order valence-electron chi connectivity index (χ2n) is 11.1. The molecule has 0 saturated heterocycles. The molecule has 6 N–H and O–H groups in total. The Morgan fingerprint density at radius 3 is 0.440 bits per heavy atom. The van der Waals surface area contributed by atoms with Crippen molar-refractivity contribution in [3.63, 3.8) is 0 Å². The molecule has 0 atom stereocenters. The molecular weight excluding hydrogens is 1340 g/mol. The van der Waals surface area contributed by atoms with E-state index in [1.165, 1.54) is 0 Å². The van der Waals surface area contributed by atoms with Crippen LogP contribution in [0.15, 0.2) is 106 Å². The zero-order chi connectivity index (χ0) is 64.8. The van der Waals surface area contributed by atoms with Gasteiger partial charge < -0.3 is 29.9 Å². The molecule has 6 aromatic rings. The Balaban J connectivity index is -0.000000131. The minimum atomic E-state index is -4.94. The van der Waals surface area contributed by atoms with E-state index in [4.69, 9.17) is 125 Å². The first-order chi connectivity index (χ1) is 37.5. The van der Waals surface area contributed by atoms with E-state index >= 15 is 0 Å². The van der Waals surface area contributed by atoms with Crippen molar-refractivity contribution in [3.8, 4) is 0 Å². The molecule has 0 amide bonds. The summed E-state index contributed by atoms with van der Waals surface area (Å²) in [5.74, 6) is 0. The topological polar surface area (TPSA) is 831 Å². The fourth-order valence-corrected chi connectivity index (χ4v) is 2.61. The standard InChI is InChI=1S/3C8H8N6.5CH3NO2.4ClHO4.2Fe/c3*1-7(11-5-9-1)3-13-14-4-8-2-10-6-12-8;5*1-2(3)4;4*2-1(3,4)5;;/h3*1-6H,(H,9,11)(H,10,12);5*1H3;4*(H,2,3,4,5);;/q;;;;;;;;;;;;2*+2/p-4/b3*13-3+,14-4+;;;;;;;;;;;. The molecular formula is C29H39Cl4Fe2N23O26. The number of nitro groups is 5. The monoisotopic (exact) mass is 1380 g/mol. The van der Waals surface area contributed by atoms with E-state index in [9.17, 15) is 0 Å². The van der Waals surface area contributed by atoms with Gasteiger partial charge in [0, 0.05) is 61.8 Å². The van der Waals surface area contributed by atoms with Gasteiger partial charge in [0.25, 0.3) is 0 Å². The molecule has 0 spiro atoms. The van der Waals surface area contributed by atoms with Crippen LogP contribution in [-0.4, -0.2) is 157 Å². The molecule has 0 aliphatic heterocycles. The van der Waals surface area contributed by atoms with E-state index in [2.05, 4.69) is 90.4 Å². The van der Waals surface area contributed by atoms with E-state index in [1.807, 2.05) is 0 Å². The molecule has 0 fully saturated rings. The smallest absolute Gasteiger partial charge is 0.351 e. The number of halogens is 4. The summed E-state index contributed by atoms with van der Waals surface area (Å²) in [4.78, 5) is 82.1. The van der Waals surface area contributed by atoms with E-state index in [0.29, 0.717) is 0 Å². The molecule has 6 aromatic heterocycles. The van der Waals surface area contributed by atoms with Crippen LogP contribution < -0.4 is 74.5 Å². The summed E-state index contributed by atoms with van der Waals surface area (Å²) in [6.07, 6.45) is 29.2. The second kappa shape index (κ2) is 56.7. The van der Waals surface area contributed by atoms with Crippen LogP contribution in [0.25, 0.3) is 0 Å². The number of imidazole rings is 6. The molecule has 49 nitrogen and oxygen atoms in total. The molecule has 0 unspecified atom stereocenters. The van der Waals surface area contributed by atoms with E-state index in [-0.39, 0.29) is 34.1 Å². The molecule has 0 aliphatic rings. The predicted molar refractivity (Wildman–Crippen MR) is 222 cm³/mol. The number of aromatic nitrogens is 12. The van der Waals surface area contributed by atoms with Crippen molar-refractivity contribution in [2.24, 2.45) is 30.6 Å². The van der Waals surface area contributed by atoms with Crippen molar-refractivity contribution >= 4 is 37.3 Å². The van der Waals surface area contributed by atoms with Crippen LogP contribution in [0.4, 0.5) is 0 Å². The second-order valence-corrected chi connectivity index (χ2v) is 14.2. The summed E-state index contributed by atoms with van der Waals surface area (Å²) in [7, 11) is -15.3. The van der Waals surface area contributed by atoms with Gasteiger partial charge in [-0.15, -0.1) is 41.0 Å². The summed E-state index contributed by atoms with van der Waals surface area (Å²) >= 11 is 0. The van der Waals surface area contributed by atoms with Crippen LogP contribution in [0.2, 0.25) is 0 Å². The first-order valence-electron chi connectivity index (χ1n) is 18.5. The minimum absolute atomic E-state index is 0. The van der Waals surface area contributed by atoms with E-state index in [0.717, 1.165) is 69.4 Å². The van der Waals surface area contributed by atoms with Crippen molar-refractivity contribution in [2.45, 2.75) is 0 Å². The van der Waals surface area contributed by atoms with Crippen LogP contribution in [-0.2, 0) is 34.1 Å². The Morgan fingerprint density at radius 1 is 0.298 bits per heavy atom. The van der Waals surface area contributed by atoms with Gasteiger partial charge in [0.1, 0.15) is 34.2 Å². The van der Waals surface area contributed by atoms with Gasteiger partial charge in [0.05, 0.1) is 75.3 Å². The Labute approximate surface area is 495 Å². The number of nitrogens with zero attached hydrogens (tertiary/aromatic N) is 17. The predicted octanol–water partition coefficient (Wildman–Crippen LogP) is -17.8. The third-order valence-electron chi connectivity index (χ3n) is 4.46. The van der Waals surface area contributed by atoms with Crippen molar-refractivity contribution in [1.29, 1.82) is 0 Å². The van der Waals surface area contributed by atoms with Crippen molar-refractivity contribution in [3.05, 3.63) is 160 Å². The average Bonchev–Trinajstić information content (AvgIpc) is 4.13. The molecule has 84 heavy (non-hydrogen) atoms. The van der Waals surface area contributed by atoms with Crippen LogP contribution in [0, 0.1) is 91.5 Å². The number of rotatable bonds is 9. The quantitative estimate of drug-likeness (QED) is 0.0339. The van der Waals surface area contributed by atoms with Crippen molar-refractivity contribution in [2.75, 3.05) is 35.2 Å². The van der Waals surface area contributed by atoms with Gasteiger partial charge in [-0.2, -0.15) is 30.6 Å². The van der Waals surface area contributed by atoms with Crippen LogP contribution in [0.5, 0.6) is 0 Å². The maximum Gasteiger partial charge on any atom is 2.00 e. The Hall–Kier alpha value is -8.16. The van der Waals surface area contributed by atoms with Crippen LogP contribution in [0.3, 0.4) is 0 Å². The summed E-state index contributed by atoms with van der Waals surface area (Å²) < 4.78 is 136. The molecule has 0 bridgehead atoms. The van der Waals surface area contributed by atoms with Crippen LogP contribution in [0.1, 0.15) is 34.2 Å². The van der Waals surface area contributed by atoms with Crippen molar-refractivity contribution < 1.29 is 174 Å². The van der Waals surface area contributed by atoms with Gasteiger partial charge in [-0.05, 0) is 0 Å². The number of hydrogen-bond donors (Lipinski definition) is 6. The fraction of sp³-hybridized carbons (Fsp3) is 0.172. The zero-order valence-electron chi connectivity index (χ0n) is 41.8. The van der Waals surface area contributed by atoms with Gasteiger partial charge in [0.15, 0.2) is 35.2 Å². The molecule has 0 aliphatic carbocycles. The average molecular weight is 1380 g/mol. The Kier molecular flexibility index (Phi) is 62.3. The maximum absolute atomic E-state index is 8.81. The molecule has 6 rings (SSSR count). The molecule has 55 heteroatoms. The number of nitrogens with one attached hydrogen (secondary N) is 6. The van der Waals surface area contributed by atoms with Gasteiger partial charge in [-0.1, -0.05) is 0 Å². The zero-order valence-corrected chi connectivity index (χ0v) is 47.1. The van der Waals surface area contributed by atoms with Gasteiger partial charge in [-0.25, -0.2) is 104 Å². The maximum atomic E-state index is 8.81. The molecule has 0 saturated carbocycles. The molecule has 470 valence electrons. The summed E-state index contributed by atoms with van der Waals surface area (Å²) in [5, 5.41) is 66.8. The largest absolute Gasteiger partial charge is 2.00 e. The first kappa shape index (κ1) is 92.3. The third kappa shape index (κ3) is 130. The first-order valence-corrected chi connectivity index (χ1v) is 23.4. The van der Waals surface area contributed by atoms with Gasteiger partial charge >= 0.3 is 34.1 Å². The fourth-order valence-electron chi connectivity index (χ4n) is 2.61. The summed E-state index contributed by atoms with van der Waals surface area (Å²) in [6, 6.07) is 0. The van der Waals surface area contributed by atoms with Gasteiger partial charge in [0.2, 0.25) is 0 Å². The van der Waals surface area contributed by atoms with E-state index in [1.54, 1.807) is 112 Å². The molecule has 0 aromatic carbocycles. The number of H-pyrrole nitrogens is 6. The Morgan fingerprint density at radius 2 is 0.381 bits per heavy atom. The Bertz CT molecular complexity index is 2140. The molecule has 6 heterocycles.